The zero-order valence-electron chi connectivity index (χ0n) is 17.2. The lowest BCUT2D eigenvalue weighted by Gasteiger charge is -2.62. The van der Waals surface area contributed by atoms with Gasteiger partial charge in [0.05, 0.1) is 0 Å². The molecule has 0 aromatic heterocycles. The van der Waals surface area contributed by atoms with Crippen molar-refractivity contribution < 1.29 is 14.3 Å². The molecule has 0 N–H and O–H groups in total. The Bertz CT molecular complexity index is 642. The second-order valence-electron chi connectivity index (χ2n) is 11.0. The summed E-state index contributed by atoms with van der Waals surface area (Å²) >= 11 is 0. The normalized spacial score (nSPS) is 51.6. The topological polar surface area (TPSA) is 43.4 Å². The summed E-state index contributed by atoms with van der Waals surface area (Å²) in [5.74, 6) is 4.49. The van der Waals surface area contributed by atoms with Gasteiger partial charge in [-0.2, -0.15) is 0 Å². The molecule has 0 radical (unpaired) electrons. The molecule has 0 heterocycles. The van der Waals surface area contributed by atoms with E-state index >= 15 is 0 Å². The van der Waals surface area contributed by atoms with Gasteiger partial charge >= 0.3 is 5.97 Å². The summed E-state index contributed by atoms with van der Waals surface area (Å²) in [7, 11) is 0. The van der Waals surface area contributed by atoms with Crippen molar-refractivity contribution in [1.29, 1.82) is 0 Å². The largest absolute Gasteiger partial charge is 0.463 e. The van der Waals surface area contributed by atoms with E-state index < -0.39 is 0 Å². The third-order valence-corrected chi connectivity index (χ3v) is 10.1. The number of hydrogen-bond acceptors (Lipinski definition) is 3. The van der Waals surface area contributed by atoms with Crippen molar-refractivity contribution in [3.8, 4) is 0 Å². The van der Waals surface area contributed by atoms with Crippen LogP contribution in [0.5, 0.6) is 0 Å². The van der Waals surface area contributed by atoms with Crippen molar-refractivity contribution in [3.63, 3.8) is 0 Å². The number of carbonyl (C=O) groups excluding carboxylic acids is 2. The zero-order valence-corrected chi connectivity index (χ0v) is 17.2. The average molecular weight is 373 g/mol. The van der Waals surface area contributed by atoms with Crippen LogP contribution in [0, 0.1) is 40.4 Å². The van der Waals surface area contributed by atoms with E-state index in [1.165, 1.54) is 51.4 Å². The minimum Gasteiger partial charge on any atom is -0.463 e. The highest BCUT2D eigenvalue weighted by Crippen LogP contribution is 2.69. The fourth-order valence-electron chi connectivity index (χ4n) is 9.07. The Hall–Kier alpha value is -0.860. The van der Waals surface area contributed by atoms with Gasteiger partial charge in [0.25, 0.3) is 0 Å². The van der Waals surface area contributed by atoms with Crippen LogP contribution in [0.15, 0.2) is 0 Å². The highest BCUT2D eigenvalue weighted by atomic mass is 16.5. The second kappa shape index (κ2) is 6.32. The minimum atomic E-state index is -0.115. The van der Waals surface area contributed by atoms with Crippen LogP contribution >= 0.6 is 0 Å². The van der Waals surface area contributed by atoms with E-state index in [-0.39, 0.29) is 12.1 Å². The van der Waals surface area contributed by atoms with Crippen molar-refractivity contribution in [3.05, 3.63) is 0 Å². The van der Waals surface area contributed by atoms with Crippen molar-refractivity contribution in [2.75, 3.05) is 0 Å². The van der Waals surface area contributed by atoms with Crippen molar-refractivity contribution in [1.82, 2.24) is 0 Å². The molecule has 8 atom stereocenters. The van der Waals surface area contributed by atoms with E-state index in [9.17, 15) is 9.59 Å². The number of hydrogen-bond donors (Lipinski definition) is 0. The Kier molecular flexibility index (Phi) is 4.26. The van der Waals surface area contributed by atoms with Crippen LogP contribution in [0.1, 0.15) is 90.9 Å². The van der Waals surface area contributed by atoms with Crippen LogP contribution in [0.2, 0.25) is 0 Å². The maximum Gasteiger partial charge on any atom is 0.302 e. The first-order valence-electron chi connectivity index (χ1n) is 11.6. The quantitative estimate of drug-likeness (QED) is 0.586. The molecule has 0 aromatic carbocycles. The Morgan fingerprint density at radius 3 is 2.59 bits per heavy atom. The van der Waals surface area contributed by atoms with Gasteiger partial charge in [0.15, 0.2) is 0 Å². The van der Waals surface area contributed by atoms with Crippen LogP contribution in [0.4, 0.5) is 0 Å². The first kappa shape index (κ1) is 18.2. The van der Waals surface area contributed by atoms with Crippen LogP contribution in [-0.2, 0) is 14.3 Å². The Labute approximate surface area is 164 Å². The smallest absolute Gasteiger partial charge is 0.302 e. The van der Waals surface area contributed by atoms with Gasteiger partial charge in [0, 0.05) is 19.8 Å². The molecule has 0 aliphatic heterocycles. The standard InChI is InChI=1S/C24H36O3/c1-15(25)27-19-9-11-23(2)17(13-19)4-7-20-21(23)10-12-24-14-18(26)6-3-16(24)5-8-22(20)24/h16-17,19-22H,3-14H2,1-2H3/t16-,17-,19+,20?,21?,22?,23-,24-/m0/s1. The van der Waals surface area contributed by atoms with Crippen LogP contribution in [0.3, 0.4) is 0 Å². The molecule has 3 nitrogen and oxygen atoms in total. The number of ketones is 1. The third-order valence-electron chi connectivity index (χ3n) is 10.1. The molecular weight excluding hydrogens is 336 g/mol. The van der Waals surface area contributed by atoms with Gasteiger partial charge in [-0.25, -0.2) is 0 Å². The minimum absolute atomic E-state index is 0.115. The fourth-order valence-corrected chi connectivity index (χ4v) is 9.07. The van der Waals surface area contributed by atoms with E-state index in [4.69, 9.17) is 4.74 Å². The van der Waals surface area contributed by atoms with E-state index in [1.807, 2.05) is 0 Å². The predicted molar refractivity (Wildman–Crippen MR) is 104 cm³/mol. The van der Waals surface area contributed by atoms with Gasteiger partial charge in [-0.05, 0) is 105 Å². The summed E-state index contributed by atoms with van der Waals surface area (Å²) in [6.07, 6.45) is 14.5. The van der Waals surface area contributed by atoms with Crippen LogP contribution in [-0.4, -0.2) is 17.9 Å². The molecule has 3 unspecified atom stereocenters. The van der Waals surface area contributed by atoms with Gasteiger partial charge in [0.2, 0.25) is 0 Å². The lowest BCUT2D eigenvalue weighted by molar-refractivity contribution is -0.163. The monoisotopic (exact) mass is 372 g/mol. The van der Waals surface area contributed by atoms with E-state index in [0.717, 1.165) is 55.3 Å². The lowest BCUT2D eigenvalue weighted by atomic mass is 9.43. The summed E-state index contributed by atoms with van der Waals surface area (Å²) in [5.41, 5.74) is 0.812. The number of esters is 1. The second-order valence-corrected chi connectivity index (χ2v) is 11.0. The fraction of sp³-hybridized carbons (Fsp3) is 0.917. The highest BCUT2D eigenvalue weighted by Gasteiger charge is 2.62. The third kappa shape index (κ3) is 2.66. The highest BCUT2D eigenvalue weighted by molar-refractivity contribution is 5.80. The van der Waals surface area contributed by atoms with Crippen LogP contribution in [0.25, 0.3) is 0 Å². The number of fused-ring (bicyclic) bond motifs is 4. The Morgan fingerprint density at radius 1 is 0.963 bits per heavy atom. The maximum atomic E-state index is 12.4. The summed E-state index contributed by atoms with van der Waals surface area (Å²) < 4.78 is 5.60. The van der Waals surface area contributed by atoms with E-state index in [2.05, 4.69) is 6.92 Å². The molecule has 150 valence electrons. The van der Waals surface area contributed by atoms with Crippen molar-refractivity contribution >= 4 is 11.8 Å². The predicted octanol–water partition coefficient (Wildman–Crippen LogP) is 5.31. The number of carbonyl (C=O) groups is 2. The molecule has 0 saturated heterocycles. The summed E-state index contributed by atoms with van der Waals surface area (Å²) in [6.45, 7) is 4.11. The molecule has 0 amide bonds. The van der Waals surface area contributed by atoms with Gasteiger partial charge in [-0.15, -0.1) is 0 Å². The number of Topliss-reactive ketones (excluding diaryl/α,β-unsaturated/α-hetero) is 1. The molecule has 1 spiro atoms. The number of ether oxygens (including phenoxy) is 1. The summed E-state index contributed by atoms with van der Waals surface area (Å²) in [5, 5.41) is 0. The summed E-state index contributed by atoms with van der Waals surface area (Å²) in [6, 6.07) is 0. The molecule has 5 aliphatic rings. The maximum absolute atomic E-state index is 12.4. The van der Waals surface area contributed by atoms with Crippen molar-refractivity contribution in [2.45, 2.75) is 97.0 Å². The number of rotatable bonds is 1. The molecule has 5 saturated carbocycles. The van der Waals surface area contributed by atoms with E-state index in [0.29, 0.717) is 16.6 Å². The summed E-state index contributed by atoms with van der Waals surface area (Å²) in [4.78, 5) is 23.8. The molecule has 5 aliphatic carbocycles. The van der Waals surface area contributed by atoms with Gasteiger partial charge in [0.1, 0.15) is 11.9 Å². The SMILES string of the molecule is CC(=O)O[C@@H]1CC[C@]2(C)C3CC[C@]45CC(=O)CC[C@H]4CCC5C3CC[C@H]2C1. The molecule has 27 heavy (non-hydrogen) atoms. The Balaban J connectivity index is 1.37. The molecule has 3 heteroatoms. The van der Waals surface area contributed by atoms with Crippen molar-refractivity contribution in [2.24, 2.45) is 40.4 Å². The molecule has 0 bridgehead atoms. The van der Waals surface area contributed by atoms with Gasteiger partial charge in [-0.3, -0.25) is 9.59 Å². The molecule has 5 fully saturated rings. The zero-order chi connectivity index (χ0) is 18.8. The molecular formula is C24H36O3. The van der Waals surface area contributed by atoms with Gasteiger partial charge < -0.3 is 4.74 Å². The van der Waals surface area contributed by atoms with Crippen LogP contribution < -0.4 is 0 Å². The first-order valence-corrected chi connectivity index (χ1v) is 11.6. The van der Waals surface area contributed by atoms with E-state index in [1.54, 1.807) is 6.92 Å². The first-order chi connectivity index (χ1) is 12.9. The Morgan fingerprint density at radius 2 is 1.78 bits per heavy atom. The lowest BCUT2D eigenvalue weighted by Crippen LogP contribution is -2.55. The molecule has 5 rings (SSSR count). The van der Waals surface area contributed by atoms with Gasteiger partial charge in [-0.1, -0.05) is 6.92 Å². The molecule has 0 aromatic rings. The average Bonchev–Trinajstić information content (AvgIpc) is 3.00.